The van der Waals surface area contributed by atoms with E-state index >= 15 is 0 Å². The zero-order chi connectivity index (χ0) is 18.8. The molecule has 0 N–H and O–H groups in total. The molecule has 0 saturated carbocycles. The van der Waals surface area contributed by atoms with E-state index in [4.69, 9.17) is 9.84 Å². The lowest BCUT2D eigenvalue weighted by Crippen LogP contribution is -2.32. The van der Waals surface area contributed by atoms with Crippen LogP contribution in [0.3, 0.4) is 0 Å². The Balaban J connectivity index is 1.85. The van der Waals surface area contributed by atoms with Crippen LogP contribution in [0.5, 0.6) is 5.75 Å². The largest absolute Gasteiger partial charge is 0.550 e. The molecule has 3 aromatic rings. The molecule has 0 fully saturated rings. The van der Waals surface area contributed by atoms with E-state index in [0.29, 0.717) is 22.4 Å². The highest BCUT2D eigenvalue weighted by molar-refractivity contribution is 8.00. The summed E-state index contributed by atoms with van der Waals surface area (Å²) in [6.07, 6.45) is -0.157. The van der Waals surface area contributed by atoms with Gasteiger partial charge >= 0.3 is 0 Å². The van der Waals surface area contributed by atoms with Gasteiger partial charge in [-0.15, -0.1) is 10.2 Å². The van der Waals surface area contributed by atoms with Gasteiger partial charge in [-0.3, -0.25) is 0 Å². The molecule has 1 atom stereocenters. The van der Waals surface area contributed by atoms with E-state index in [-0.39, 0.29) is 6.42 Å². The number of hydrogen-bond acceptors (Lipinski definition) is 7. The predicted molar refractivity (Wildman–Crippen MR) is 99.7 cm³/mol. The summed E-state index contributed by atoms with van der Waals surface area (Å²) in [7, 11) is 1.59. The van der Waals surface area contributed by atoms with Crippen LogP contribution in [-0.2, 0) is 4.79 Å². The molecular weight excluding hydrogens is 364 g/mol. The standard InChI is InChI=1S/C19H16N4O3S/c1-26-14-10-6-5-9-13(14)18-20-21-19-23(18)22-17(12-7-3-2-4-8-12)15(27-19)11-16(24)25/h2-10,15H,11H2,1H3,(H,24,25)/p-1/t15-/m1/s1. The molecule has 1 aliphatic rings. The van der Waals surface area contributed by atoms with Crippen molar-refractivity contribution in [1.29, 1.82) is 0 Å². The summed E-state index contributed by atoms with van der Waals surface area (Å²) in [6, 6.07) is 17.0. The van der Waals surface area contributed by atoms with Crippen molar-refractivity contribution in [3.05, 3.63) is 60.2 Å². The molecular formula is C19H15N4O3S-. The first-order valence-corrected chi connectivity index (χ1v) is 9.15. The van der Waals surface area contributed by atoms with Crippen molar-refractivity contribution < 1.29 is 14.6 Å². The Morgan fingerprint density at radius 3 is 2.63 bits per heavy atom. The number of benzene rings is 2. The Morgan fingerprint density at radius 1 is 1.15 bits per heavy atom. The summed E-state index contributed by atoms with van der Waals surface area (Å²) in [4.78, 5) is 11.2. The number of aliphatic carboxylic acids is 1. The number of hydrogen-bond donors (Lipinski definition) is 0. The van der Waals surface area contributed by atoms with Crippen molar-refractivity contribution in [2.45, 2.75) is 16.8 Å². The van der Waals surface area contributed by atoms with Crippen LogP contribution in [-0.4, -0.2) is 38.9 Å². The average Bonchev–Trinajstić information content (AvgIpc) is 3.10. The van der Waals surface area contributed by atoms with Crippen LogP contribution in [0.15, 0.2) is 64.9 Å². The van der Waals surface area contributed by atoms with Gasteiger partial charge in [-0.25, -0.2) is 0 Å². The Labute approximate surface area is 159 Å². The van der Waals surface area contributed by atoms with Gasteiger partial charge in [0.2, 0.25) is 5.16 Å². The maximum Gasteiger partial charge on any atom is 0.213 e. The molecule has 0 radical (unpaired) electrons. The molecule has 0 saturated heterocycles. The van der Waals surface area contributed by atoms with Crippen LogP contribution in [0, 0.1) is 0 Å². The van der Waals surface area contributed by atoms with Crippen molar-refractivity contribution in [3.8, 4) is 17.1 Å². The van der Waals surface area contributed by atoms with Gasteiger partial charge in [0.25, 0.3) is 0 Å². The number of fused-ring (bicyclic) bond motifs is 1. The van der Waals surface area contributed by atoms with E-state index in [0.717, 1.165) is 11.1 Å². The Morgan fingerprint density at radius 2 is 1.89 bits per heavy atom. The summed E-state index contributed by atoms with van der Waals surface area (Å²) in [5.74, 6) is 0.0651. The third kappa shape index (κ3) is 3.31. The summed E-state index contributed by atoms with van der Waals surface area (Å²) in [6.45, 7) is 0. The topological polar surface area (TPSA) is 92.4 Å². The van der Waals surface area contributed by atoms with Crippen molar-refractivity contribution in [2.24, 2.45) is 5.10 Å². The lowest BCUT2D eigenvalue weighted by atomic mass is 10.1. The molecule has 1 aliphatic heterocycles. The predicted octanol–water partition coefficient (Wildman–Crippen LogP) is 1.82. The quantitative estimate of drug-likeness (QED) is 0.671. The van der Waals surface area contributed by atoms with E-state index in [1.54, 1.807) is 11.8 Å². The molecule has 136 valence electrons. The maximum atomic E-state index is 11.2. The number of carbonyl (C=O) groups is 1. The van der Waals surface area contributed by atoms with Gasteiger partial charge in [-0.05, 0) is 17.7 Å². The van der Waals surface area contributed by atoms with Crippen LogP contribution in [0.2, 0.25) is 0 Å². The van der Waals surface area contributed by atoms with Gasteiger partial charge < -0.3 is 14.6 Å². The smallest absolute Gasteiger partial charge is 0.213 e. The van der Waals surface area contributed by atoms with E-state index < -0.39 is 11.2 Å². The second-order valence-corrected chi connectivity index (χ2v) is 7.02. The van der Waals surface area contributed by atoms with Crippen LogP contribution in [0.25, 0.3) is 11.4 Å². The molecule has 0 unspecified atom stereocenters. The maximum absolute atomic E-state index is 11.2. The number of aromatic nitrogens is 3. The number of rotatable bonds is 5. The molecule has 0 amide bonds. The summed E-state index contributed by atoms with van der Waals surface area (Å²) >= 11 is 1.31. The SMILES string of the molecule is COc1ccccc1-c1nnc2n1N=C(c1ccccc1)[C@@H](CC(=O)[O-])S2. The second kappa shape index (κ2) is 7.24. The van der Waals surface area contributed by atoms with Crippen molar-refractivity contribution in [3.63, 3.8) is 0 Å². The van der Waals surface area contributed by atoms with E-state index in [1.165, 1.54) is 11.8 Å². The Hall–Kier alpha value is -3.13. The minimum atomic E-state index is -1.13. The number of carbonyl (C=O) groups excluding carboxylic acids is 1. The first kappa shape index (κ1) is 17.3. The third-order valence-corrected chi connectivity index (χ3v) is 5.28. The van der Waals surface area contributed by atoms with Crippen molar-refractivity contribution >= 4 is 23.4 Å². The number of thioether (sulfide) groups is 1. The molecule has 27 heavy (non-hydrogen) atoms. The molecule has 0 bridgehead atoms. The fraction of sp³-hybridized carbons (Fsp3) is 0.158. The molecule has 8 heteroatoms. The number of ether oxygens (including phenoxy) is 1. The lowest BCUT2D eigenvalue weighted by Gasteiger charge is -2.23. The normalized spacial score (nSPS) is 15.7. The van der Waals surface area contributed by atoms with Crippen molar-refractivity contribution in [2.75, 3.05) is 7.11 Å². The third-order valence-electron chi connectivity index (χ3n) is 4.14. The van der Waals surface area contributed by atoms with Gasteiger partial charge in [0.05, 0.1) is 23.6 Å². The van der Waals surface area contributed by atoms with Gasteiger partial charge in [-0.2, -0.15) is 9.78 Å². The zero-order valence-electron chi connectivity index (χ0n) is 14.4. The number of carboxylic acids is 1. The first-order chi connectivity index (χ1) is 13.2. The summed E-state index contributed by atoms with van der Waals surface area (Å²) in [5, 5.41) is 24.5. The number of nitrogens with zero attached hydrogens (tertiary/aromatic N) is 4. The summed E-state index contributed by atoms with van der Waals surface area (Å²) < 4.78 is 7.06. The van der Waals surface area contributed by atoms with Crippen molar-refractivity contribution in [1.82, 2.24) is 14.9 Å². The molecule has 2 heterocycles. The van der Waals surface area contributed by atoms with E-state index in [1.807, 2.05) is 54.6 Å². The van der Waals surface area contributed by atoms with Gasteiger partial charge in [0.1, 0.15) is 5.75 Å². The first-order valence-electron chi connectivity index (χ1n) is 8.27. The molecule has 7 nitrogen and oxygen atoms in total. The second-order valence-electron chi connectivity index (χ2n) is 5.85. The van der Waals surface area contributed by atoms with E-state index in [9.17, 15) is 9.90 Å². The Kier molecular flexibility index (Phi) is 4.64. The van der Waals surface area contributed by atoms with Crippen LogP contribution < -0.4 is 9.84 Å². The number of methoxy groups -OCH3 is 1. The highest BCUT2D eigenvalue weighted by atomic mass is 32.2. The highest BCUT2D eigenvalue weighted by Gasteiger charge is 2.29. The molecule has 0 spiro atoms. The molecule has 4 rings (SSSR count). The van der Waals surface area contributed by atoms with Crippen LogP contribution in [0.4, 0.5) is 0 Å². The fourth-order valence-electron chi connectivity index (χ4n) is 2.92. The summed E-state index contributed by atoms with van der Waals surface area (Å²) in [5.41, 5.74) is 2.25. The molecule has 1 aromatic heterocycles. The van der Waals surface area contributed by atoms with Gasteiger partial charge in [0, 0.05) is 12.4 Å². The highest BCUT2D eigenvalue weighted by Crippen LogP contribution is 2.36. The lowest BCUT2D eigenvalue weighted by molar-refractivity contribution is -0.305. The van der Waals surface area contributed by atoms with E-state index in [2.05, 4.69) is 10.2 Å². The zero-order valence-corrected chi connectivity index (χ0v) is 15.2. The van der Waals surface area contributed by atoms with Gasteiger partial charge in [-0.1, -0.05) is 54.2 Å². The average molecular weight is 379 g/mol. The minimum absolute atomic E-state index is 0.157. The molecule has 2 aromatic carbocycles. The number of carboxylic acid groups (broad SMARTS) is 1. The van der Waals surface area contributed by atoms with Gasteiger partial charge in [0.15, 0.2) is 5.82 Å². The molecule has 0 aliphatic carbocycles. The minimum Gasteiger partial charge on any atom is -0.550 e. The van der Waals surface area contributed by atoms with Crippen LogP contribution >= 0.6 is 11.8 Å². The van der Waals surface area contributed by atoms with Crippen LogP contribution in [0.1, 0.15) is 12.0 Å². The fourth-order valence-corrected chi connectivity index (χ4v) is 4.01. The number of para-hydroxylation sites is 1. The monoisotopic (exact) mass is 379 g/mol. The Bertz CT molecular complexity index is 1020.